The van der Waals surface area contributed by atoms with Crippen LogP contribution in [0.1, 0.15) is 45.7 Å². The van der Waals surface area contributed by atoms with Crippen LogP contribution in [0.4, 0.5) is 0 Å². The SMILES string of the molecule is CN(C(=O)c1ccc(-c2cnc3[nH]cc(C(=O)O)c3n2)s1)C1CCCC1. The average molecular weight is 370 g/mol. The van der Waals surface area contributed by atoms with Crippen molar-refractivity contribution in [3.8, 4) is 10.6 Å². The van der Waals surface area contributed by atoms with E-state index in [1.165, 1.54) is 30.4 Å². The van der Waals surface area contributed by atoms with Gasteiger partial charge >= 0.3 is 5.97 Å². The van der Waals surface area contributed by atoms with Gasteiger partial charge in [-0.3, -0.25) is 4.79 Å². The number of hydrogen-bond acceptors (Lipinski definition) is 5. The highest BCUT2D eigenvalue weighted by Crippen LogP contribution is 2.30. The number of rotatable bonds is 4. The molecule has 2 N–H and O–H groups in total. The van der Waals surface area contributed by atoms with Gasteiger partial charge in [-0.05, 0) is 25.0 Å². The summed E-state index contributed by atoms with van der Waals surface area (Å²) in [5.74, 6) is -1.03. The molecule has 0 spiro atoms. The standard InChI is InChI=1S/C18H18N4O3S/c1-22(10-4-2-3-5-10)17(23)14-7-6-13(26-14)12-9-20-16-15(21-12)11(8-19-16)18(24)25/h6-10H,2-5H2,1H3,(H,19,20)(H,24,25). The third kappa shape index (κ3) is 2.86. The fourth-order valence-electron chi connectivity index (χ4n) is 3.39. The fourth-order valence-corrected chi connectivity index (χ4v) is 4.34. The van der Waals surface area contributed by atoms with Gasteiger partial charge in [-0.15, -0.1) is 11.3 Å². The number of carboxylic acids is 1. The Hall–Kier alpha value is -2.74. The molecule has 1 aliphatic rings. The number of fused-ring (bicyclic) bond motifs is 1. The van der Waals surface area contributed by atoms with E-state index >= 15 is 0 Å². The molecule has 134 valence electrons. The lowest BCUT2D eigenvalue weighted by molar-refractivity contribution is 0.0697. The molecule has 4 rings (SSSR count). The van der Waals surface area contributed by atoms with Crippen LogP contribution in [0, 0.1) is 0 Å². The zero-order valence-electron chi connectivity index (χ0n) is 14.2. The van der Waals surface area contributed by atoms with Crippen molar-refractivity contribution < 1.29 is 14.7 Å². The van der Waals surface area contributed by atoms with E-state index < -0.39 is 5.97 Å². The summed E-state index contributed by atoms with van der Waals surface area (Å²) in [6.07, 6.45) is 7.45. The second kappa shape index (κ2) is 6.53. The number of carboxylic acid groups (broad SMARTS) is 1. The molecule has 1 amide bonds. The number of amides is 1. The molecule has 7 nitrogen and oxygen atoms in total. The Morgan fingerprint density at radius 2 is 2.08 bits per heavy atom. The molecule has 3 aromatic heterocycles. The summed E-state index contributed by atoms with van der Waals surface area (Å²) < 4.78 is 0. The Bertz CT molecular complexity index is 987. The molecule has 26 heavy (non-hydrogen) atoms. The van der Waals surface area contributed by atoms with Gasteiger partial charge in [0.15, 0.2) is 5.65 Å². The quantitative estimate of drug-likeness (QED) is 0.733. The highest BCUT2D eigenvalue weighted by atomic mass is 32.1. The molecule has 1 aliphatic carbocycles. The maximum absolute atomic E-state index is 12.7. The van der Waals surface area contributed by atoms with Crippen molar-refractivity contribution in [3.63, 3.8) is 0 Å². The summed E-state index contributed by atoms with van der Waals surface area (Å²) in [4.78, 5) is 38.8. The Labute approximate surface area is 153 Å². The number of aromatic amines is 1. The van der Waals surface area contributed by atoms with Gasteiger partial charge in [0, 0.05) is 19.3 Å². The Balaban J connectivity index is 1.63. The molecule has 0 bridgehead atoms. The Morgan fingerprint density at radius 3 is 2.81 bits per heavy atom. The van der Waals surface area contributed by atoms with Crippen LogP contribution >= 0.6 is 11.3 Å². The van der Waals surface area contributed by atoms with Crippen molar-refractivity contribution in [2.75, 3.05) is 7.05 Å². The van der Waals surface area contributed by atoms with E-state index in [9.17, 15) is 14.7 Å². The van der Waals surface area contributed by atoms with Crippen molar-refractivity contribution in [3.05, 3.63) is 35.0 Å². The predicted octanol–water partition coefficient (Wildman–Crippen LogP) is 3.40. The first kappa shape index (κ1) is 16.7. The highest BCUT2D eigenvalue weighted by molar-refractivity contribution is 7.17. The minimum Gasteiger partial charge on any atom is -0.478 e. The summed E-state index contributed by atoms with van der Waals surface area (Å²) >= 11 is 1.36. The van der Waals surface area contributed by atoms with Crippen molar-refractivity contribution in [2.24, 2.45) is 0 Å². The molecule has 0 unspecified atom stereocenters. The normalized spacial score (nSPS) is 14.8. The van der Waals surface area contributed by atoms with Crippen LogP contribution in [0.3, 0.4) is 0 Å². The number of thiophene rings is 1. The van der Waals surface area contributed by atoms with Gasteiger partial charge in [-0.1, -0.05) is 12.8 Å². The Kier molecular flexibility index (Phi) is 4.20. The molecule has 3 heterocycles. The van der Waals surface area contributed by atoms with Crippen LogP contribution < -0.4 is 0 Å². The lowest BCUT2D eigenvalue weighted by Gasteiger charge is -2.23. The second-order valence-electron chi connectivity index (χ2n) is 6.48. The van der Waals surface area contributed by atoms with Crippen LogP contribution in [0.25, 0.3) is 21.7 Å². The number of aromatic nitrogens is 3. The van der Waals surface area contributed by atoms with Crippen LogP contribution in [0.15, 0.2) is 24.5 Å². The number of nitrogens with one attached hydrogen (secondary N) is 1. The molecule has 8 heteroatoms. The van der Waals surface area contributed by atoms with E-state index in [4.69, 9.17) is 0 Å². The van der Waals surface area contributed by atoms with E-state index in [-0.39, 0.29) is 11.5 Å². The van der Waals surface area contributed by atoms with Gasteiger partial charge in [0.2, 0.25) is 0 Å². The topological polar surface area (TPSA) is 99.2 Å². The third-order valence-electron chi connectivity index (χ3n) is 4.87. The number of carbonyl (C=O) groups is 2. The molecule has 1 fully saturated rings. The lowest BCUT2D eigenvalue weighted by Crippen LogP contribution is -2.34. The maximum atomic E-state index is 12.7. The van der Waals surface area contributed by atoms with Crippen molar-refractivity contribution >= 4 is 34.4 Å². The summed E-state index contributed by atoms with van der Waals surface area (Å²) in [5.41, 5.74) is 1.40. The smallest absolute Gasteiger partial charge is 0.339 e. The van der Waals surface area contributed by atoms with Gasteiger partial charge in [0.25, 0.3) is 5.91 Å². The largest absolute Gasteiger partial charge is 0.478 e. The molecule has 0 saturated heterocycles. The van der Waals surface area contributed by atoms with Crippen molar-refractivity contribution in [1.82, 2.24) is 19.9 Å². The molecule has 1 saturated carbocycles. The first-order chi connectivity index (χ1) is 12.5. The zero-order chi connectivity index (χ0) is 18.3. The first-order valence-corrected chi connectivity index (χ1v) is 9.31. The average Bonchev–Trinajstić information content (AvgIpc) is 3.39. The predicted molar refractivity (Wildman–Crippen MR) is 98.5 cm³/mol. The molecule has 0 radical (unpaired) electrons. The highest BCUT2D eigenvalue weighted by Gasteiger charge is 2.25. The maximum Gasteiger partial charge on any atom is 0.339 e. The minimum atomic E-state index is -1.05. The molecule has 0 aliphatic heterocycles. The molecular weight excluding hydrogens is 352 g/mol. The second-order valence-corrected chi connectivity index (χ2v) is 7.56. The zero-order valence-corrected chi connectivity index (χ0v) is 15.0. The monoisotopic (exact) mass is 370 g/mol. The van der Waals surface area contributed by atoms with Gasteiger partial charge in [-0.2, -0.15) is 0 Å². The fraction of sp³-hybridized carbons (Fsp3) is 0.333. The van der Waals surface area contributed by atoms with Crippen LogP contribution in [0.5, 0.6) is 0 Å². The third-order valence-corrected chi connectivity index (χ3v) is 5.97. The number of hydrogen-bond donors (Lipinski definition) is 2. The van der Waals surface area contributed by atoms with Gasteiger partial charge in [0.05, 0.1) is 21.6 Å². The molecule has 3 aromatic rings. The molecule has 0 atom stereocenters. The number of H-pyrrole nitrogens is 1. The number of aromatic carboxylic acids is 1. The Morgan fingerprint density at radius 1 is 1.31 bits per heavy atom. The van der Waals surface area contributed by atoms with Gasteiger partial charge < -0.3 is 15.0 Å². The van der Waals surface area contributed by atoms with Crippen molar-refractivity contribution in [2.45, 2.75) is 31.7 Å². The summed E-state index contributed by atoms with van der Waals surface area (Å²) in [5, 5.41) is 9.24. The van der Waals surface area contributed by atoms with Crippen molar-refractivity contribution in [1.29, 1.82) is 0 Å². The van der Waals surface area contributed by atoms with Gasteiger partial charge in [-0.25, -0.2) is 14.8 Å². The van der Waals surface area contributed by atoms with Crippen LogP contribution in [-0.4, -0.2) is 49.9 Å². The van der Waals surface area contributed by atoms with E-state index in [2.05, 4.69) is 15.0 Å². The number of carbonyl (C=O) groups excluding carboxylic acids is 1. The molecular formula is C18H18N4O3S. The minimum absolute atomic E-state index is 0.0232. The van der Waals surface area contributed by atoms with Crippen LogP contribution in [0.2, 0.25) is 0 Å². The van der Waals surface area contributed by atoms with E-state index in [1.807, 2.05) is 18.0 Å². The summed E-state index contributed by atoms with van der Waals surface area (Å²) in [6.45, 7) is 0. The number of nitrogens with zero attached hydrogens (tertiary/aromatic N) is 3. The molecule has 0 aromatic carbocycles. The van der Waals surface area contributed by atoms with E-state index in [0.717, 1.165) is 17.7 Å². The van der Waals surface area contributed by atoms with E-state index in [1.54, 1.807) is 12.3 Å². The summed E-state index contributed by atoms with van der Waals surface area (Å²) in [6, 6.07) is 3.96. The first-order valence-electron chi connectivity index (χ1n) is 8.49. The van der Waals surface area contributed by atoms with Crippen LogP contribution in [-0.2, 0) is 0 Å². The summed E-state index contributed by atoms with van der Waals surface area (Å²) in [7, 11) is 1.86. The van der Waals surface area contributed by atoms with Gasteiger partial charge in [0.1, 0.15) is 11.1 Å². The lowest BCUT2D eigenvalue weighted by atomic mass is 10.2. The van der Waals surface area contributed by atoms with E-state index in [0.29, 0.717) is 27.8 Å².